The van der Waals surface area contributed by atoms with Gasteiger partial charge >= 0.3 is 0 Å². The minimum Gasteiger partial charge on any atom is -0.352 e. The molecule has 4 rings (SSSR count). The van der Waals surface area contributed by atoms with Gasteiger partial charge in [0.2, 0.25) is 11.8 Å². The van der Waals surface area contributed by atoms with Crippen LogP contribution in [0, 0.1) is 12.7 Å². The van der Waals surface area contributed by atoms with Crippen molar-refractivity contribution in [3.05, 3.63) is 107 Å². The molecule has 1 atom stereocenters. The predicted molar refractivity (Wildman–Crippen MR) is 153 cm³/mol. The Labute approximate surface area is 230 Å². The summed E-state index contributed by atoms with van der Waals surface area (Å²) in [6.07, 6.45) is 5.68. The molecule has 0 spiro atoms. The Hall–Kier alpha value is -3.12. The third-order valence-electron chi connectivity index (χ3n) is 7.10. The first kappa shape index (κ1) is 27.9. The number of hydrogen-bond donors (Lipinski definition) is 1. The summed E-state index contributed by atoms with van der Waals surface area (Å²) in [5, 5.41) is 3.23. The summed E-state index contributed by atoms with van der Waals surface area (Å²) in [5.41, 5.74) is 3.71. The number of carbonyl (C=O) groups excluding carboxylic acids is 2. The van der Waals surface area contributed by atoms with Crippen molar-refractivity contribution in [3.8, 4) is 0 Å². The summed E-state index contributed by atoms with van der Waals surface area (Å²) >= 11 is 1.52. The lowest BCUT2D eigenvalue weighted by Gasteiger charge is -2.33. The molecule has 0 aromatic heterocycles. The molecule has 1 aliphatic rings. The highest BCUT2D eigenvalue weighted by atomic mass is 32.2. The van der Waals surface area contributed by atoms with E-state index in [0.29, 0.717) is 17.7 Å². The molecule has 1 unspecified atom stereocenters. The van der Waals surface area contributed by atoms with Crippen LogP contribution >= 0.6 is 11.8 Å². The molecular weight excluding hydrogens is 495 g/mol. The Morgan fingerprint density at radius 3 is 2.39 bits per heavy atom. The van der Waals surface area contributed by atoms with Crippen molar-refractivity contribution in [2.75, 3.05) is 5.75 Å². The lowest BCUT2D eigenvalue weighted by atomic mass is 9.94. The van der Waals surface area contributed by atoms with Gasteiger partial charge in [0.05, 0.1) is 5.75 Å². The number of aryl methyl sites for hydroxylation is 1. The van der Waals surface area contributed by atoms with Crippen LogP contribution in [0.1, 0.15) is 54.4 Å². The molecule has 2 amide bonds. The second kappa shape index (κ2) is 14.1. The zero-order valence-electron chi connectivity index (χ0n) is 22.1. The minimum atomic E-state index is -0.731. The van der Waals surface area contributed by atoms with Crippen molar-refractivity contribution in [3.63, 3.8) is 0 Å². The highest BCUT2D eigenvalue weighted by molar-refractivity contribution is 7.99. The third kappa shape index (κ3) is 8.19. The van der Waals surface area contributed by atoms with Gasteiger partial charge in [0, 0.05) is 30.3 Å². The molecule has 0 bridgehead atoms. The molecule has 38 heavy (non-hydrogen) atoms. The van der Waals surface area contributed by atoms with E-state index in [2.05, 4.69) is 30.4 Å². The van der Waals surface area contributed by atoms with Crippen LogP contribution in [-0.2, 0) is 28.3 Å². The molecule has 0 saturated heterocycles. The van der Waals surface area contributed by atoms with Crippen molar-refractivity contribution in [2.45, 2.75) is 69.8 Å². The van der Waals surface area contributed by atoms with Crippen LogP contribution in [0.5, 0.6) is 0 Å². The van der Waals surface area contributed by atoms with Crippen LogP contribution in [-0.4, -0.2) is 34.6 Å². The summed E-state index contributed by atoms with van der Waals surface area (Å²) in [6.45, 7) is 2.10. The van der Waals surface area contributed by atoms with Gasteiger partial charge in [0.25, 0.3) is 0 Å². The Morgan fingerprint density at radius 2 is 1.66 bits per heavy atom. The monoisotopic (exact) mass is 532 g/mol. The summed E-state index contributed by atoms with van der Waals surface area (Å²) in [4.78, 5) is 29.1. The van der Waals surface area contributed by atoms with E-state index in [4.69, 9.17) is 0 Å². The quantitative estimate of drug-likeness (QED) is 0.309. The fraction of sp³-hybridized carbons (Fsp3) is 0.375. The number of carbonyl (C=O) groups is 2. The molecule has 3 aromatic rings. The van der Waals surface area contributed by atoms with E-state index < -0.39 is 6.04 Å². The summed E-state index contributed by atoms with van der Waals surface area (Å²) in [6, 6.07) is 23.9. The van der Waals surface area contributed by atoms with Crippen molar-refractivity contribution in [2.24, 2.45) is 0 Å². The maximum Gasteiger partial charge on any atom is 0.243 e. The van der Waals surface area contributed by atoms with E-state index in [9.17, 15) is 14.0 Å². The van der Waals surface area contributed by atoms with Crippen molar-refractivity contribution >= 4 is 23.6 Å². The standard InChI is InChI=1S/C32H37FN2O2S/c1-24-11-10-14-26(19-24)22-38-23-31(36)35(21-27-15-8-9-18-29(27)33)30(20-25-12-4-2-5-13-25)32(37)34-28-16-6-3-7-17-28/h2,4-5,8-15,18-19,28,30H,3,6-7,16-17,20-23H2,1H3,(H,34,37). The van der Waals surface area contributed by atoms with E-state index in [0.717, 1.165) is 36.8 Å². The first-order chi connectivity index (χ1) is 18.5. The number of benzene rings is 3. The highest BCUT2D eigenvalue weighted by Crippen LogP contribution is 2.22. The van der Waals surface area contributed by atoms with Crippen LogP contribution in [0.25, 0.3) is 0 Å². The van der Waals surface area contributed by atoms with E-state index in [1.165, 1.54) is 29.8 Å². The van der Waals surface area contributed by atoms with Gasteiger partial charge in [-0.1, -0.05) is 97.6 Å². The third-order valence-corrected chi connectivity index (χ3v) is 8.09. The topological polar surface area (TPSA) is 49.4 Å². The van der Waals surface area contributed by atoms with Crippen LogP contribution < -0.4 is 5.32 Å². The van der Waals surface area contributed by atoms with Gasteiger partial charge in [-0.05, 0) is 37.0 Å². The molecular formula is C32H37FN2O2S. The summed E-state index contributed by atoms with van der Waals surface area (Å²) in [7, 11) is 0. The maximum atomic E-state index is 14.7. The second-order valence-electron chi connectivity index (χ2n) is 10.1. The number of rotatable bonds is 11. The lowest BCUT2D eigenvalue weighted by Crippen LogP contribution is -2.53. The fourth-order valence-corrected chi connectivity index (χ4v) is 5.91. The number of nitrogens with one attached hydrogen (secondary N) is 1. The Morgan fingerprint density at radius 1 is 0.947 bits per heavy atom. The number of thioether (sulfide) groups is 1. The van der Waals surface area contributed by atoms with Crippen molar-refractivity contribution < 1.29 is 14.0 Å². The molecule has 1 aliphatic carbocycles. The van der Waals surface area contributed by atoms with Gasteiger partial charge in [-0.3, -0.25) is 9.59 Å². The molecule has 4 nitrogen and oxygen atoms in total. The fourth-order valence-electron chi connectivity index (χ4n) is 5.05. The largest absolute Gasteiger partial charge is 0.352 e. The van der Waals surface area contributed by atoms with Gasteiger partial charge in [-0.2, -0.15) is 0 Å². The van der Waals surface area contributed by atoms with Gasteiger partial charge in [0.1, 0.15) is 11.9 Å². The second-order valence-corrected chi connectivity index (χ2v) is 11.1. The van der Waals surface area contributed by atoms with Crippen LogP contribution in [0.3, 0.4) is 0 Å². The van der Waals surface area contributed by atoms with E-state index in [1.54, 1.807) is 23.1 Å². The maximum absolute atomic E-state index is 14.7. The molecule has 1 fully saturated rings. The summed E-state index contributed by atoms with van der Waals surface area (Å²) < 4.78 is 14.7. The zero-order chi connectivity index (χ0) is 26.7. The van der Waals surface area contributed by atoms with Gasteiger partial charge in [-0.15, -0.1) is 11.8 Å². The minimum absolute atomic E-state index is 0.0477. The van der Waals surface area contributed by atoms with Gasteiger partial charge in [-0.25, -0.2) is 4.39 Å². The Kier molecular flexibility index (Phi) is 10.4. The van der Waals surface area contributed by atoms with E-state index in [1.807, 2.05) is 36.4 Å². The van der Waals surface area contributed by atoms with E-state index in [-0.39, 0.29) is 36.0 Å². The molecule has 0 heterocycles. The van der Waals surface area contributed by atoms with Gasteiger partial charge < -0.3 is 10.2 Å². The highest BCUT2D eigenvalue weighted by Gasteiger charge is 2.32. The van der Waals surface area contributed by atoms with Crippen LogP contribution in [0.2, 0.25) is 0 Å². The number of halogens is 1. The zero-order valence-corrected chi connectivity index (χ0v) is 22.9. The molecule has 0 radical (unpaired) electrons. The smallest absolute Gasteiger partial charge is 0.243 e. The average molecular weight is 533 g/mol. The van der Waals surface area contributed by atoms with Crippen LogP contribution in [0.15, 0.2) is 78.9 Å². The van der Waals surface area contributed by atoms with Crippen molar-refractivity contribution in [1.82, 2.24) is 10.2 Å². The lowest BCUT2D eigenvalue weighted by molar-refractivity contribution is -0.139. The molecule has 200 valence electrons. The first-order valence-corrected chi connectivity index (χ1v) is 14.7. The molecule has 6 heteroatoms. The molecule has 3 aromatic carbocycles. The molecule has 1 N–H and O–H groups in total. The Balaban J connectivity index is 1.57. The number of amides is 2. The normalized spacial score (nSPS) is 14.6. The Bertz CT molecular complexity index is 1200. The van der Waals surface area contributed by atoms with Crippen molar-refractivity contribution in [1.29, 1.82) is 0 Å². The van der Waals surface area contributed by atoms with Crippen LogP contribution in [0.4, 0.5) is 4.39 Å². The predicted octanol–water partition coefficient (Wildman–Crippen LogP) is 6.46. The average Bonchev–Trinajstić information content (AvgIpc) is 2.92. The van der Waals surface area contributed by atoms with Gasteiger partial charge in [0.15, 0.2) is 0 Å². The summed E-state index contributed by atoms with van der Waals surface area (Å²) in [5.74, 6) is 0.215. The van der Waals surface area contributed by atoms with E-state index >= 15 is 0 Å². The number of nitrogens with zero attached hydrogens (tertiary/aromatic N) is 1. The SMILES string of the molecule is Cc1cccc(CSCC(=O)N(Cc2ccccc2F)C(Cc2ccccc2)C(=O)NC2CCCCC2)c1. The number of hydrogen-bond acceptors (Lipinski definition) is 3. The molecule has 0 aliphatic heterocycles. The first-order valence-electron chi connectivity index (χ1n) is 13.5. The molecule has 1 saturated carbocycles.